The minimum Gasteiger partial charge on any atom is -0.310 e. The number of nitrogens with zero attached hydrogens (tertiary/aromatic N) is 4. The van der Waals surface area contributed by atoms with E-state index in [4.69, 9.17) is 9.97 Å². The molecule has 0 unspecified atom stereocenters. The van der Waals surface area contributed by atoms with Gasteiger partial charge in [0, 0.05) is 60.6 Å². The topological polar surface area (TPSA) is 35.6 Å². The predicted molar refractivity (Wildman–Crippen MR) is 413 cm³/mol. The Kier molecular flexibility index (Phi) is 15.1. The lowest BCUT2D eigenvalue weighted by Gasteiger charge is -2.35. The second kappa shape index (κ2) is 21.9. The van der Waals surface area contributed by atoms with Crippen molar-refractivity contribution in [3.8, 4) is 45.3 Å². The van der Waals surface area contributed by atoms with Gasteiger partial charge in [0.2, 0.25) is 0 Å². The average Bonchev–Trinajstić information content (AvgIpc) is 1.54. The monoisotopic (exact) mass is 1260 g/mol. The first-order valence-corrected chi connectivity index (χ1v) is 36.9. The van der Waals surface area contributed by atoms with E-state index in [0.29, 0.717) is 11.8 Å². The quantitative estimate of drug-likeness (QED) is 0.161. The van der Waals surface area contributed by atoms with E-state index in [2.05, 4.69) is 278 Å². The van der Waals surface area contributed by atoms with E-state index >= 15 is 0 Å². The molecule has 7 aromatic carbocycles. The second-order valence-electron chi connectivity index (χ2n) is 38.6. The van der Waals surface area contributed by atoms with Gasteiger partial charge in [-0.05, 0) is 220 Å². The van der Waals surface area contributed by atoms with Crippen molar-refractivity contribution in [3.05, 3.63) is 159 Å². The molecule has 0 amide bonds. The Hall–Kier alpha value is -6.72. The molecule has 95 heavy (non-hydrogen) atoms. The average molecular weight is 1260 g/mol. The fraction of sp³-hybridized carbons (Fsp3) is 0.489. The normalized spacial score (nSPS) is 16.3. The lowest BCUT2D eigenvalue weighted by molar-refractivity contribution is 0.444. The lowest BCUT2D eigenvalue weighted by atomic mass is 9.34. The van der Waals surface area contributed by atoms with Crippen LogP contribution in [0.5, 0.6) is 0 Å². The van der Waals surface area contributed by atoms with Crippen molar-refractivity contribution in [2.24, 2.45) is 0 Å². The Morgan fingerprint density at radius 2 is 0.653 bits per heavy atom. The van der Waals surface area contributed by atoms with Crippen molar-refractivity contribution < 1.29 is 0 Å². The molecule has 0 spiro atoms. The van der Waals surface area contributed by atoms with E-state index in [9.17, 15) is 0 Å². The van der Waals surface area contributed by atoms with Gasteiger partial charge in [-0.3, -0.25) is 0 Å². The Morgan fingerprint density at radius 1 is 0.326 bits per heavy atom. The molecule has 2 fully saturated rings. The van der Waals surface area contributed by atoms with Gasteiger partial charge in [-0.25, -0.2) is 9.97 Å². The SMILES string of the molecule is CC(C)(C)c1cc(-c2cc(-c3cc4c5c(c3)-n3c6cc(C(C)(C)C)cc(C(C)(C)C)c6c6cc(C7CCCCC7)cc(c63)B5c3cc(C5CCCCC5)cc5c6c(C(C)(C)C)cc(C(C)(C)C)cc6n-4c35)nc(-c3cc(C(C)(C)C)cc(C(C)(C)C)c3)n2)cc(C(C)(C)C)c1. The first kappa shape index (κ1) is 65.6. The van der Waals surface area contributed by atoms with Crippen LogP contribution in [0.15, 0.2) is 103 Å². The number of rotatable bonds is 5. The fourth-order valence-electron chi connectivity index (χ4n) is 17.0. The number of aromatic nitrogens is 4. The molecule has 3 aromatic heterocycles. The molecular weight excluding hydrogens is 1150 g/mol. The van der Waals surface area contributed by atoms with Gasteiger partial charge in [-0.2, -0.15) is 0 Å². The van der Waals surface area contributed by atoms with Gasteiger partial charge >= 0.3 is 0 Å². The highest BCUT2D eigenvalue weighted by molar-refractivity contribution is 7.00. The summed E-state index contributed by atoms with van der Waals surface area (Å²) in [5.74, 6) is 1.81. The summed E-state index contributed by atoms with van der Waals surface area (Å²) in [6.45, 7) is 57.4. The van der Waals surface area contributed by atoms with Crippen LogP contribution in [-0.4, -0.2) is 25.8 Å². The Bertz CT molecular complexity index is 4430. The molecule has 4 aliphatic rings. The van der Waals surface area contributed by atoms with E-state index in [1.54, 1.807) is 11.1 Å². The molecule has 5 heteroatoms. The summed E-state index contributed by atoms with van der Waals surface area (Å²) in [6.07, 6.45) is 12.8. The molecule has 2 aliphatic heterocycles. The first-order valence-electron chi connectivity index (χ1n) is 36.9. The number of hydrogen-bond donors (Lipinski definition) is 0. The van der Waals surface area contributed by atoms with E-state index in [-0.39, 0.29) is 50.0 Å². The van der Waals surface area contributed by atoms with Crippen LogP contribution in [-0.2, 0) is 43.3 Å². The fourth-order valence-corrected chi connectivity index (χ4v) is 17.0. The van der Waals surface area contributed by atoms with Gasteiger partial charge < -0.3 is 9.13 Å². The molecule has 2 aliphatic carbocycles. The van der Waals surface area contributed by atoms with Crippen LogP contribution in [0.4, 0.5) is 0 Å². The zero-order valence-electron chi connectivity index (χ0n) is 62.9. The lowest BCUT2D eigenvalue weighted by Crippen LogP contribution is -2.59. The van der Waals surface area contributed by atoms with Crippen LogP contribution >= 0.6 is 0 Å². The predicted octanol–water partition coefficient (Wildman–Crippen LogP) is 23.3. The summed E-state index contributed by atoms with van der Waals surface area (Å²) in [4.78, 5) is 11.9. The van der Waals surface area contributed by atoms with E-state index in [0.717, 1.165) is 33.9 Å². The van der Waals surface area contributed by atoms with Gasteiger partial charge in [0.15, 0.2) is 5.82 Å². The van der Waals surface area contributed by atoms with Crippen molar-refractivity contribution in [3.63, 3.8) is 0 Å². The molecule has 10 aromatic rings. The highest BCUT2D eigenvalue weighted by Gasteiger charge is 2.44. The van der Waals surface area contributed by atoms with Crippen molar-refractivity contribution in [2.75, 3.05) is 0 Å². The smallest absolute Gasteiger partial charge is 0.252 e. The van der Waals surface area contributed by atoms with Crippen LogP contribution in [0, 0.1) is 0 Å². The van der Waals surface area contributed by atoms with Gasteiger partial charge in [-0.15, -0.1) is 0 Å². The molecule has 4 nitrogen and oxygen atoms in total. The number of benzene rings is 7. The molecular formula is C90H111BN4. The Labute approximate surface area is 572 Å². The van der Waals surface area contributed by atoms with Crippen LogP contribution in [0.1, 0.15) is 298 Å². The maximum atomic E-state index is 6.02. The highest BCUT2D eigenvalue weighted by Crippen LogP contribution is 2.50. The van der Waals surface area contributed by atoms with Crippen molar-refractivity contribution in [1.82, 2.24) is 19.1 Å². The second-order valence-corrected chi connectivity index (χ2v) is 38.6. The van der Waals surface area contributed by atoms with Gasteiger partial charge in [0.05, 0.1) is 22.4 Å². The van der Waals surface area contributed by atoms with Crippen LogP contribution in [0.2, 0.25) is 0 Å². The number of fused-ring (bicyclic) bond motifs is 10. The third-order valence-corrected chi connectivity index (χ3v) is 23.0. The third kappa shape index (κ3) is 11.3. The zero-order valence-corrected chi connectivity index (χ0v) is 62.9. The summed E-state index contributed by atoms with van der Waals surface area (Å²) >= 11 is 0. The minimum absolute atomic E-state index is 0.0106. The summed E-state index contributed by atoms with van der Waals surface area (Å²) in [7, 11) is 0. The molecule has 0 saturated heterocycles. The van der Waals surface area contributed by atoms with Crippen molar-refractivity contribution >= 4 is 66.7 Å². The molecule has 14 rings (SSSR count). The molecule has 2 saturated carbocycles. The van der Waals surface area contributed by atoms with E-state index in [1.807, 2.05) is 0 Å². The zero-order chi connectivity index (χ0) is 68.1. The number of hydrogen-bond acceptors (Lipinski definition) is 2. The van der Waals surface area contributed by atoms with E-state index in [1.165, 1.54) is 180 Å². The maximum Gasteiger partial charge on any atom is 0.252 e. The van der Waals surface area contributed by atoms with E-state index < -0.39 is 0 Å². The van der Waals surface area contributed by atoms with Crippen molar-refractivity contribution in [2.45, 2.75) is 286 Å². The molecule has 0 atom stereocenters. The molecule has 0 N–H and O–H groups in total. The van der Waals surface area contributed by atoms with Crippen LogP contribution in [0.3, 0.4) is 0 Å². The van der Waals surface area contributed by atoms with Gasteiger partial charge in [-0.1, -0.05) is 241 Å². The summed E-state index contributed by atoms with van der Waals surface area (Å²) in [6, 6.07) is 43.5. The van der Waals surface area contributed by atoms with Crippen LogP contribution in [0.25, 0.3) is 88.9 Å². The molecule has 5 heterocycles. The summed E-state index contributed by atoms with van der Waals surface area (Å²) in [5.41, 5.74) is 30.6. The molecule has 0 radical (unpaired) electrons. The summed E-state index contributed by atoms with van der Waals surface area (Å²) < 4.78 is 5.61. The maximum absolute atomic E-state index is 6.02. The first-order chi connectivity index (χ1) is 44.1. The molecule has 0 bridgehead atoms. The van der Waals surface area contributed by atoms with Gasteiger partial charge in [0.1, 0.15) is 0 Å². The van der Waals surface area contributed by atoms with Crippen molar-refractivity contribution in [1.29, 1.82) is 0 Å². The Balaban J connectivity index is 1.21. The third-order valence-electron chi connectivity index (χ3n) is 23.0. The summed E-state index contributed by atoms with van der Waals surface area (Å²) in [5, 5.41) is 5.68. The standard InChI is InChI=1S/C90H111BN4/c1-83(2,3)59-35-56(36-60(45-59)84(4,5)6)71-51-72(93-82(92-71)58-37-61(85(7,8)9)46-62(38-58)86(10,11)12)57-43-75-79-76(44-57)95-74-50-64(88(16,17)18)48-68(90(22,23)24)78(74)66-40-55(53-33-29-26-30-34-53)42-70(81(66)95)91(79)69-41-54(52-31-27-25-28-32-52)39-65-77-67(89(19,20)21)47-63(87(13,14)15)49-73(77)94(75)80(65)69/h35-53H,25-34H2,1-24H3. The molecule has 494 valence electrons. The van der Waals surface area contributed by atoms with Gasteiger partial charge in [0.25, 0.3) is 6.71 Å². The highest BCUT2D eigenvalue weighted by atomic mass is 15.0. The largest absolute Gasteiger partial charge is 0.310 e. The minimum atomic E-state index is -0.133. The van der Waals surface area contributed by atoms with Crippen LogP contribution < -0.4 is 16.4 Å². The Morgan fingerprint density at radius 3 is 0.989 bits per heavy atom.